The summed E-state index contributed by atoms with van der Waals surface area (Å²) >= 11 is 7.60. The highest BCUT2D eigenvalue weighted by Crippen LogP contribution is 2.31. The minimum atomic E-state index is -0.450. The van der Waals surface area contributed by atoms with Crippen LogP contribution in [0.2, 0.25) is 5.02 Å². The molecule has 7 nitrogen and oxygen atoms in total. The smallest absolute Gasteiger partial charge is 0.269 e. The largest absolute Gasteiger partial charge is 0.487 e. The summed E-state index contributed by atoms with van der Waals surface area (Å²) in [4.78, 5) is 27.5. The molecule has 0 saturated carbocycles. The molecule has 9 heteroatoms. The predicted octanol–water partition coefficient (Wildman–Crippen LogP) is 5.72. The second-order valence-corrected chi connectivity index (χ2v) is 8.16. The van der Waals surface area contributed by atoms with Crippen LogP contribution in [0.1, 0.15) is 11.1 Å². The maximum absolute atomic E-state index is 12.3. The van der Waals surface area contributed by atoms with Gasteiger partial charge in [-0.05, 0) is 65.4 Å². The highest BCUT2D eigenvalue weighted by molar-refractivity contribution is 8.18. The van der Waals surface area contributed by atoms with Crippen molar-refractivity contribution in [3.63, 3.8) is 0 Å². The van der Waals surface area contributed by atoms with E-state index in [1.165, 1.54) is 23.9 Å². The molecule has 1 amide bonds. The van der Waals surface area contributed by atoms with E-state index in [9.17, 15) is 14.9 Å². The average Bonchev–Trinajstić information content (AvgIpc) is 3.12. The van der Waals surface area contributed by atoms with E-state index in [0.717, 1.165) is 16.8 Å². The van der Waals surface area contributed by atoms with Crippen LogP contribution in [0.15, 0.2) is 82.7 Å². The molecule has 0 atom stereocenters. The number of nitrogens with one attached hydrogen (secondary N) is 1. The first kappa shape index (κ1) is 21.6. The minimum Gasteiger partial charge on any atom is -0.487 e. The van der Waals surface area contributed by atoms with Gasteiger partial charge in [0.2, 0.25) is 0 Å². The Morgan fingerprint density at radius 1 is 1.09 bits per heavy atom. The van der Waals surface area contributed by atoms with Gasteiger partial charge in [-0.1, -0.05) is 35.9 Å². The molecular weight excluding hydrogens is 450 g/mol. The first-order chi connectivity index (χ1) is 15.5. The molecular formula is C23H16ClN3O4S. The number of hydrogen-bond acceptors (Lipinski definition) is 6. The van der Waals surface area contributed by atoms with E-state index in [1.807, 2.05) is 30.3 Å². The Bertz CT molecular complexity index is 1230. The molecule has 0 aromatic heterocycles. The standard InChI is InChI=1S/C23H16ClN3O4S/c24-19-12-16(8-11-20(19)31-14-15-6-9-18(10-7-15)27(29)30)13-21-22(28)26-23(32-21)25-17-4-2-1-3-5-17/h1-13H,14H2,(H,25,26,28). The number of amidine groups is 1. The molecule has 1 N–H and O–H groups in total. The second-order valence-electron chi connectivity index (χ2n) is 6.72. The number of amides is 1. The van der Waals surface area contributed by atoms with Crippen molar-refractivity contribution in [2.75, 3.05) is 0 Å². The third-order valence-corrected chi connectivity index (χ3v) is 5.64. The molecule has 0 bridgehead atoms. The van der Waals surface area contributed by atoms with E-state index >= 15 is 0 Å². The van der Waals surface area contributed by atoms with Crippen LogP contribution in [0.4, 0.5) is 11.4 Å². The first-order valence-electron chi connectivity index (χ1n) is 9.48. The van der Waals surface area contributed by atoms with Gasteiger partial charge in [-0.25, -0.2) is 4.99 Å². The van der Waals surface area contributed by atoms with Crippen LogP contribution in [0.3, 0.4) is 0 Å². The van der Waals surface area contributed by atoms with Crippen molar-refractivity contribution in [2.24, 2.45) is 4.99 Å². The SMILES string of the molecule is O=C1NC(=Nc2ccccc2)SC1=Cc1ccc(OCc2ccc([N+](=O)[O-])cc2)c(Cl)c1. The highest BCUT2D eigenvalue weighted by Gasteiger charge is 2.23. The normalized spacial score (nSPS) is 15.7. The Labute approximate surface area is 192 Å². The molecule has 0 aliphatic carbocycles. The van der Waals surface area contributed by atoms with Gasteiger partial charge in [-0.15, -0.1) is 0 Å². The lowest BCUT2D eigenvalue weighted by Gasteiger charge is -2.09. The van der Waals surface area contributed by atoms with Crippen LogP contribution < -0.4 is 10.1 Å². The quantitative estimate of drug-likeness (QED) is 0.285. The number of rotatable bonds is 6. The van der Waals surface area contributed by atoms with Gasteiger partial charge in [0.1, 0.15) is 12.4 Å². The number of hydrogen-bond donors (Lipinski definition) is 1. The number of carbonyl (C=O) groups is 1. The van der Waals surface area contributed by atoms with E-state index in [0.29, 0.717) is 20.8 Å². The Balaban J connectivity index is 1.42. The van der Waals surface area contributed by atoms with Gasteiger partial charge in [0.05, 0.1) is 20.5 Å². The van der Waals surface area contributed by atoms with Crippen LogP contribution >= 0.6 is 23.4 Å². The van der Waals surface area contributed by atoms with Crippen LogP contribution in [-0.2, 0) is 11.4 Å². The van der Waals surface area contributed by atoms with Gasteiger partial charge in [-0.3, -0.25) is 14.9 Å². The van der Waals surface area contributed by atoms with E-state index in [-0.39, 0.29) is 18.2 Å². The number of aliphatic imine (C=N–C) groups is 1. The molecule has 1 saturated heterocycles. The molecule has 1 aliphatic rings. The molecule has 1 aliphatic heterocycles. The highest BCUT2D eigenvalue weighted by atomic mass is 35.5. The lowest BCUT2D eigenvalue weighted by atomic mass is 10.2. The van der Waals surface area contributed by atoms with Gasteiger partial charge in [0, 0.05) is 12.1 Å². The van der Waals surface area contributed by atoms with Crippen molar-refractivity contribution in [3.8, 4) is 5.75 Å². The lowest BCUT2D eigenvalue weighted by Crippen LogP contribution is -2.19. The van der Waals surface area contributed by atoms with E-state index < -0.39 is 4.92 Å². The molecule has 3 aromatic carbocycles. The zero-order chi connectivity index (χ0) is 22.5. The average molecular weight is 466 g/mol. The topological polar surface area (TPSA) is 93.8 Å². The number of halogens is 1. The molecule has 160 valence electrons. The molecule has 1 fully saturated rings. The number of nitro benzene ring substituents is 1. The summed E-state index contributed by atoms with van der Waals surface area (Å²) in [5, 5.41) is 14.4. The van der Waals surface area contributed by atoms with Crippen LogP contribution in [0, 0.1) is 10.1 Å². The summed E-state index contributed by atoms with van der Waals surface area (Å²) in [6, 6.07) is 20.7. The molecule has 4 rings (SSSR count). The van der Waals surface area contributed by atoms with Gasteiger partial charge >= 0.3 is 0 Å². The van der Waals surface area contributed by atoms with Crippen molar-refractivity contribution in [1.82, 2.24) is 5.32 Å². The van der Waals surface area contributed by atoms with Crippen LogP contribution in [0.5, 0.6) is 5.75 Å². The van der Waals surface area contributed by atoms with Crippen molar-refractivity contribution in [1.29, 1.82) is 0 Å². The number of carbonyl (C=O) groups excluding carboxylic acids is 1. The Hall–Kier alpha value is -3.62. The van der Waals surface area contributed by atoms with Crippen LogP contribution in [-0.4, -0.2) is 16.0 Å². The molecule has 0 radical (unpaired) electrons. The molecule has 3 aromatic rings. The van der Waals surface area contributed by atoms with Gasteiger partial charge in [-0.2, -0.15) is 0 Å². The molecule has 32 heavy (non-hydrogen) atoms. The second kappa shape index (κ2) is 9.67. The predicted molar refractivity (Wildman–Crippen MR) is 126 cm³/mol. The maximum atomic E-state index is 12.3. The summed E-state index contributed by atoms with van der Waals surface area (Å²) in [5.41, 5.74) is 2.31. The monoisotopic (exact) mass is 465 g/mol. The summed E-state index contributed by atoms with van der Waals surface area (Å²) in [5.74, 6) is 0.251. The Morgan fingerprint density at radius 2 is 1.84 bits per heavy atom. The lowest BCUT2D eigenvalue weighted by molar-refractivity contribution is -0.384. The number of non-ortho nitro benzene ring substituents is 1. The number of nitrogens with zero attached hydrogens (tertiary/aromatic N) is 2. The van der Waals surface area contributed by atoms with E-state index in [4.69, 9.17) is 16.3 Å². The summed E-state index contributed by atoms with van der Waals surface area (Å²) in [7, 11) is 0. The number of benzene rings is 3. The van der Waals surface area contributed by atoms with E-state index in [2.05, 4.69) is 10.3 Å². The fraction of sp³-hybridized carbons (Fsp3) is 0.0435. The third kappa shape index (κ3) is 5.35. The minimum absolute atomic E-state index is 0.0231. The molecule has 0 spiro atoms. The summed E-state index contributed by atoms with van der Waals surface area (Å²) in [6.45, 7) is 0.218. The molecule has 0 unspecified atom stereocenters. The van der Waals surface area contributed by atoms with Crippen molar-refractivity contribution < 1.29 is 14.5 Å². The van der Waals surface area contributed by atoms with Crippen molar-refractivity contribution in [3.05, 3.63) is 104 Å². The Kier molecular flexibility index (Phi) is 6.53. The number of para-hydroxylation sites is 1. The van der Waals surface area contributed by atoms with Crippen molar-refractivity contribution in [2.45, 2.75) is 6.61 Å². The van der Waals surface area contributed by atoms with E-state index in [1.54, 1.807) is 36.4 Å². The fourth-order valence-electron chi connectivity index (χ4n) is 2.85. The molecule has 1 heterocycles. The van der Waals surface area contributed by atoms with Crippen molar-refractivity contribution >= 4 is 51.9 Å². The number of thioether (sulfide) groups is 1. The Morgan fingerprint density at radius 3 is 2.53 bits per heavy atom. The zero-order valence-electron chi connectivity index (χ0n) is 16.5. The van der Waals surface area contributed by atoms with Gasteiger partial charge < -0.3 is 10.1 Å². The number of nitro groups is 1. The van der Waals surface area contributed by atoms with Gasteiger partial charge in [0.15, 0.2) is 5.17 Å². The zero-order valence-corrected chi connectivity index (χ0v) is 18.1. The summed E-state index contributed by atoms with van der Waals surface area (Å²) < 4.78 is 5.73. The van der Waals surface area contributed by atoms with Gasteiger partial charge in [0.25, 0.3) is 11.6 Å². The summed E-state index contributed by atoms with van der Waals surface area (Å²) in [6.07, 6.45) is 1.74. The fourth-order valence-corrected chi connectivity index (χ4v) is 3.94. The maximum Gasteiger partial charge on any atom is 0.269 e. The van der Waals surface area contributed by atoms with Crippen LogP contribution in [0.25, 0.3) is 6.08 Å². The third-order valence-electron chi connectivity index (χ3n) is 4.43. The first-order valence-corrected chi connectivity index (χ1v) is 10.7. The number of ether oxygens (including phenoxy) is 1.